The van der Waals surface area contributed by atoms with Gasteiger partial charge in [0.05, 0.1) is 0 Å². The lowest BCUT2D eigenvalue weighted by molar-refractivity contribution is 0.0940. The second-order valence-electron chi connectivity index (χ2n) is 6.25. The Morgan fingerprint density at radius 1 is 1.50 bits per heavy atom. The summed E-state index contributed by atoms with van der Waals surface area (Å²) in [5, 5.41) is 3.01. The normalized spacial score (nSPS) is 15.8. The number of nitrogens with one attached hydrogen (secondary N) is 1. The quantitative estimate of drug-likeness (QED) is 0.902. The number of aromatic nitrogens is 1. The Kier molecular flexibility index (Phi) is 3.85. The number of amides is 1. The lowest BCUT2D eigenvalue weighted by Gasteiger charge is -2.18. The largest absolute Gasteiger partial charge is 0.351 e. The van der Waals surface area contributed by atoms with E-state index in [0.29, 0.717) is 6.04 Å². The monoisotopic (exact) mass is 312 g/mol. The number of carbonyl (C=O) groups is 1. The van der Waals surface area contributed by atoms with Crippen LogP contribution in [0, 0.1) is 5.41 Å². The summed E-state index contributed by atoms with van der Waals surface area (Å²) in [6.07, 6.45) is 5.37. The molecule has 2 rings (SSSR count). The highest BCUT2D eigenvalue weighted by Gasteiger charge is 2.27. The summed E-state index contributed by atoms with van der Waals surface area (Å²) in [4.78, 5) is 12.1. The van der Waals surface area contributed by atoms with Gasteiger partial charge in [-0.2, -0.15) is 0 Å². The first-order valence-corrected chi connectivity index (χ1v) is 7.32. The summed E-state index contributed by atoms with van der Waals surface area (Å²) < 4.78 is 3.08. The third kappa shape index (κ3) is 3.61. The molecule has 0 spiro atoms. The Morgan fingerprint density at radius 3 is 2.72 bits per heavy atom. The zero-order chi connectivity index (χ0) is 13.3. The van der Waals surface area contributed by atoms with Crippen LogP contribution in [0.2, 0.25) is 0 Å². The van der Waals surface area contributed by atoms with Crippen molar-refractivity contribution in [1.82, 2.24) is 9.88 Å². The van der Waals surface area contributed by atoms with Gasteiger partial charge in [0.25, 0.3) is 5.91 Å². The summed E-state index contributed by atoms with van der Waals surface area (Å²) in [7, 11) is 0. The summed E-state index contributed by atoms with van der Waals surface area (Å²) in [5.41, 5.74) is 1.03. The van der Waals surface area contributed by atoms with E-state index in [1.807, 2.05) is 12.3 Å². The zero-order valence-electron chi connectivity index (χ0n) is 11.3. The highest BCUT2D eigenvalue weighted by Crippen LogP contribution is 2.37. The molecule has 0 bridgehead atoms. The van der Waals surface area contributed by atoms with Crippen molar-refractivity contribution in [1.29, 1.82) is 0 Å². The van der Waals surface area contributed by atoms with Crippen LogP contribution >= 0.6 is 15.9 Å². The van der Waals surface area contributed by atoms with Crippen LogP contribution in [0.15, 0.2) is 16.7 Å². The minimum atomic E-state index is 0.0388. The molecule has 0 unspecified atom stereocenters. The maximum Gasteiger partial charge on any atom is 0.267 e. The molecule has 1 aromatic heterocycles. The lowest BCUT2D eigenvalue weighted by Crippen LogP contribution is -2.28. The topological polar surface area (TPSA) is 34.0 Å². The van der Waals surface area contributed by atoms with Crippen molar-refractivity contribution in [2.24, 2.45) is 5.41 Å². The second kappa shape index (κ2) is 5.08. The number of carbonyl (C=O) groups excluding carboxylic acids is 1. The lowest BCUT2D eigenvalue weighted by atomic mass is 9.92. The highest BCUT2D eigenvalue weighted by atomic mass is 79.9. The van der Waals surface area contributed by atoms with E-state index in [-0.39, 0.29) is 11.3 Å². The fraction of sp³-hybridized carbons (Fsp3) is 0.643. The van der Waals surface area contributed by atoms with E-state index in [0.717, 1.165) is 23.1 Å². The fourth-order valence-corrected chi connectivity index (χ4v) is 2.36. The molecule has 1 N–H and O–H groups in total. The summed E-state index contributed by atoms with van der Waals surface area (Å²) in [6, 6.07) is 2.43. The molecule has 0 atom stereocenters. The van der Waals surface area contributed by atoms with Gasteiger partial charge in [-0.15, -0.1) is 0 Å². The van der Waals surface area contributed by atoms with Crippen molar-refractivity contribution in [3.63, 3.8) is 0 Å². The van der Waals surface area contributed by atoms with Gasteiger partial charge >= 0.3 is 0 Å². The Balaban J connectivity index is 1.96. The summed E-state index contributed by atoms with van der Waals surface area (Å²) >= 11 is 3.45. The number of halogens is 1. The minimum Gasteiger partial charge on any atom is -0.351 e. The molecule has 100 valence electrons. The number of hydrogen-bond donors (Lipinski definition) is 1. The highest BCUT2D eigenvalue weighted by molar-refractivity contribution is 9.10. The summed E-state index contributed by atoms with van der Waals surface area (Å²) in [6.45, 7) is 7.28. The van der Waals surface area contributed by atoms with Crippen molar-refractivity contribution in [2.45, 2.75) is 46.1 Å². The van der Waals surface area contributed by atoms with E-state index in [2.05, 4.69) is 46.6 Å². The first kappa shape index (κ1) is 13.7. The van der Waals surface area contributed by atoms with Crippen molar-refractivity contribution in [3.8, 4) is 0 Å². The van der Waals surface area contributed by atoms with Gasteiger partial charge in [-0.25, -0.2) is 0 Å². The first-order valence-electron chi connectivity index (χ1n) is 6.52. The zero-order valence-corrected chi connectivity index (χ0v) is 12.9. The first-order chi connectivity index (χ1) is 8.37. The average Bonchev–Trinajstić information content (AvgIpc) is 3.00. The van der Waals surface area contributed by atoms with Crippen molar-refractivity contribution in [3.05, 3.63) is 22.4 Å². The molecular weight excluding hydrogens is 292 g/mol. The molecular formula is C14H21BrN2O. The average molecular weight is 313 g/mol. The van der Waals surface area contributed by atoms with Gasteiger partial charge in [0, 0.05) is 23.3 Å². The predicted molar refractivity (Wildman–Crippen MR) is 76.8 cm³/mol. The van der Waals surface area contributed by atoms with Gasteiger partial charge in [-0.05, 0) is 46.7 Å². The van der Waals surface area contributed by atoms with E-state index in [9.17, 15) is 4.79 Å². The van der Waals surface area contributed by atoms with Gasteiger partial charge in [0.2, 0.25) is 0 Å². The maximum absolute atomic E-state index is 12.1. The molecule has 1 saturated carbocycles. The minimum absolute atomic E-state index is 0.0388. The van der Waals surface area contributed by atoms with Gasteiger partial charge in [-0.3, -0.25) is 4.79 Å². The maximum atomic E-state index is 12.1. The Morgan fingerprint density at radius 2 is 2.17 bits per heavy atom. The molecule has 4 heteroatoms. The van der Waals surface area contributed by atoms with Crippen LogP contribution in [0.1, 0.15) is 56.6 Å². The van der Waals surface area contributed by atoms with Crippen LogP contribution in [0.5, 0.6) is 0 Å². The van der Waals surface area contributed by atoms with E-state index in [1.54, 1.807) is 0 Å². The second-order valence-corrected chi connectivity index (χ2v) is 7.16. The molecule has 1 amide bonds. The summed E-state index contributed by atoms with van der Waals surface area (Å²) in [5.74, 6) is 0.0388. The SMILES string of the molecule is CC(C)(C)CCNC(=O)c1cc(Br)cn1C1CC1. The molecule has 1 fully saturated rings. The van der Waals surface area contributed by atoms with Gasteiger partial charge in [0.15, 0.2) is 0 Å². The van der Waals surface area contributed by atoms with Crippen LogP contribution in [-0.4, -0.2) is 17.0 Å². The standard InChI is InChI=1S/C14H21BrN2O/c1-14(2,3)6-7-16-13(18)12-8-10(15)9-17(12)11-4-5-11/h8-9,11H,4-7H2,1-3H3,(H,16,18). The number of hydrogen-bond acceptors (Lipinski definition) is 1. The third-order valence-electron chi connectivity index (χ3n) is 3.15. The molecule has 1 aromatic rings. The Hall–Kier alpha value is -0.770. The van der Waals surface area contributed by atoms with Crippen LogP contribution in [0.25, 0.3) is 0 Å². The van der Waals surface area contributed by atoms with Crippen molar-refractivity contribution < 1.29 is 4.79 Å². The molecule has 0 aromatic carbocycles. The van der Waals surface area contributed by atoms with E-state index >= 15 is 0 Å². The number of nitrogens with zero attached hydrogens (tertiary/aromatic N) is 1. The molecule has 0 radical (unpaired) electrons. The van der Waals surface area contributed by atoms with Gasteiger partial charge in [0.1, 0.15) is 5.69 Å². The fourth-order valence-electron chi connectivity index (χ4n) is 1.92. The van der Waals surface area contributed by atoms with E-state index in [1.165, 1.54) is 12.8 Å². The number of rotatable bonds is 4. The molecule has 3 nitrogen and oxygen atoms in total. The van der Waals surface area contributed by atoms with Crippen molar-refractivity contribution in [2.75, 3.05) is 6.54 Å². The van der Waals surface area contributed by atoms with E-state index < -0.39 is 0 Å². The van der Waals surface area contributed by atoms with Crippen LogP contribution in [0.3, 0.4) is 0 Å². The molecule has 0 saturated heterocycles. The van der Waals surface area contributed by atoms with Crippen molar-refractivity contribution >= 4 is 21.8 Å². The Bertz CT molecular complexity index is 441. The van der Waals surface area contributed by atoms with Crippen LogP contribution in [-0.2, 0) is 0 Å². The molecule has 1 aliphatic carbocycles. The van der Waals surface area contributed by atoms with E-state index in [4.69, 9.17) is 0 Å². The third-order valence-corrected chi connectivity index (χ3v) is 3.58. The predicted octanol–water partition coefficient (Wildman–Crippen LogP) is 3.75. The molecule has 18 heavy (non-hydrogen) atoms. The van der Waals surface area contributed by atoms with Crippen LogP contribution < -0.4 is 5.32 Å². The smallest absolute Gasteiger partial charge is 0.267 e. The molecule has 1 heterocycles. The van der Waals surface area contributed by atoms with Crippen LogP contribution in [0.4, 0.5) is 0 Å². The van der Waals surface area contributed by atoms with Gasteiger partial charge in [-0.1, -0.05) is 20.8 Å². The Labute approximate surface area is 117 Å². The van der Waals surface area contributed by atoms with Gasteiger partial charge < -0.3 is 9.88 Å². The molecule has 1 aliphatic rings. The molecule has 0 aliphatic heterocycles.